The van der Waals surface area contributed by atoms with Crippen molar-refractivity contribution in [1.29, 1.82) is 0 Å². The van der Waals surface area contributed by atoms with Crippen molar-refractivity contribution in [2.24, 2.45) is 0 Å². The van der Waals surface area contributed by atoms with Crippen molar-refractivity contribution in [3.63, 3.8) is 0 Å². The van der Waals surface area contributed by atoms with Crippen LogP contribution in [0.4, 0.5) is 13.2 Å². The predicted octanol–water partition coefficient (Wildman–Crippen LogP) is 3.84. The molecule has 3 rings (SSSR count). The number of oxazole rings is 1. The van der Waals surface area contributed by atoms with Gasteiger partial charge in [0.1, 0.15) is 6.26 Å². The summed E-state index contributed by atoms with van der Waals surface area (Å²) < 4.78 is 43.2. The summed E-state index contributed by atoms with van der Waals surface area (Å²) in [6.45, 7) is 0. The van der Waals surface area contributed by atoms with Gasteiger partial charge in [-0.25, -0.2) is 4.98 Å². The van der Waals surface area contributed by atoms with Gasteiger partial charge < -0.3 is 4.42 Å². The Kier molecular flexibility index (Phi) is 2.29. The summed E-state index contributed by atoms with van der Waals surface area (Å²) in [5, 5.41) is 0. The number of benzene rings is 1. The molecule has 18 heavy (non-hydrogen) atoms. The molecule has 0 fully saturated rings. The molecule has 0 radical (unpaired) electrons. The molecule has 1 heterocycles. The van der Waals surface area contributed by atoms with Crippen molar-refractivity contribution < 1.29 is 17.6 Å². The van der Waals surface area contributed by atoms with Crippen molar-refractivity contribution in [2.75, 3.05) is 0 Å². The van der Waals surface area contributed by atoms with Crippen LogP contribution in [0, 0.1) is 0 Å². The number of aromatic nitrogens is 1. The number of allylic oxidation sites excluding steroid dienone is 1. The van der Waals surface area contributed by atoms with E-state index >= 15 is 0 Å². The van der Waals surface area contributed by atoms with Gasteiger partial charge in [0.2, 0.25) is 5.89 Å². The monoisotopic (exact) mass is 251 g/mol. The van der Waals surface area contributed by atoms with Crippen LogP contribution in [0.5, 0.6) is 0 Å². The first-order chi connectivity index (χ1) is 8.55. The molecule has 0 unspecified atom stereocenters. The van der Waals surface area contributed by atoms with E-state index in [9.17, 15) is 13.2 Å². The van der Waals surface area contributed by atoms with E-state index in [1.165, 1.54) is 18.5 Å². The Hall–Kier alpha value is -2.04. The summed E-state index contributed by atoms with van der Waals surface area (Å²) in [6.07, 6.45) is -0.328. The number of rotatable bonds is 1. The topological polar surface area (TPSA) is 26.0 Å². The van der Waals surface area contributed by atoms with Gasteiger partial charge in [-0.3, -0.25) is 0 Å². The molecule has 0 N–H and O–H groups in total. The van der Waals surface area contributed by atoms with Crippen LogP contribution in [0.1, 0.15) is 11.1 Å². The fourth-order valence-corrected chi connectivity index (χ4v) is 2.09. The summed E-state index contributed by atoms with van der Waals surface area (Å²) >= 11 is 0. The van der Waals surface area contributed by atoms with Gasteiger partial charge in [0, 0.05) is 17.6 Å². The van der Waals surface area contributed by atoms with Crippen molar-refractivity contribution in [1.82, 2.24) is 4.98 Å². The normalized spacial score (nSPS) is 14.5. The third kappa shape index (κ3) is 1.72. The molecule has 0 aliphatic heterocycles. The summed E-state index contributed by atoms with van der Waals surface area (Å²) in [7, 11) is 0. The second kappa shape index (κ2) is 3.73. The lowest BCUT2D eigenvalue weighted by Gasteiger charge is -2.05. The summed E-state index contributed by atoms with van der Waals surface area (Å²) in [4.78, 5) is 3.97. The Bertz CT molecular complexity index is 612. The first-order valence-electron chi connectivity index (χ1n) is 5.35. The van der Waals surface area contributed by atoms with Gasteiger partial charge in [-0.05, 0) is 23.3 Å². The Labute approximate surface area is 101 Å². The largest absolute Gasteiger partial charge is 0.445 e. The summed E-state index contributed by atoms with van der Waals surface area (Å²) in [6, 6.07) is 5.11. The number of hydrogen-bond donors (Lipinski definition) is 0. The molecule has 92 valence electrons. The minimum Gasteiger partial charge on any atom is -0.445 e. The second-order valence-electron chi connectivity index (χ2n) is 4.06. The molecule has 1 aromatic carbocycles. The van der Waals surface area contributed by atoms with Gasteiger partial charge in [0.25, 0.3) is 0 Å². The van der Waals surface area contributed by atoms with E-state index in [-0.39, 0.29) is 6.42 Å². The molecule has 1 aliphatic rings. The van der Waals surface area contributed by atoms with E-state index in [0.29, 0.717) is 22.6 Å². The van der Waals surface area contributed by atoms with Crippen molar-refractivity contribution >= 4 is 6.08 Å². The average Bonchev–Trinajstić information content (AvgIpc) is 2.96. The number of alkyl halides is 3. The molecule has 5 heteroatoms. The molecule has 0 spiro atoms. The van der Waals surface area contributed by atoms with Gasteiger partial charge in [-0.15, -0.1) is 0 Å². The highest BCUT2D eigenvalue weighted by molar-refractivity contribution is 5.77. The minimum atomic E-state index is -4.28. The number of halogens is 3. The lowest BCUT2D eigenvalue weighted by atomic mass is 10.0. The molecule has 2 nitrogen and oxygen atoms in total. The van der Waals surface area contributed by atoms with Gasteiger partial charge in [0.05, 0.1) is 6.20 Å². The SMILES string of the molecule is FC(F)(F)C1=Cc2c(cccc2-c2ncco2)C1. The molecule has 0 saturated heterocycles. The van der Waals surface area contributed by atoms with E-state index in [1.54, 1.807) is 18.2 Å². The van der Waals surface area contributed by atoms with Crippen LogP contribution in [0.15, 0.2) is 40.6 Å². The number of nitrogens with zero attached hydrogens (tertiary/aromatic N) is 1. The average molecular weight is 251 g/mol. The molecule has 0 saturated carbocycles. The van der Waals surface area contributed by atoms with Gasteiger partial charge >= 0.3 is 6.18 Å². The zero-order valence-corrected chi connectivity index (χ0v) is 9.16. The maximum absolute atomic E-state index is 12.7. The minimum absolute atomic E-state index is 0.0899. The fraction of sp³-hybridized carbons (Fsp3) is 0.154. The predicted molar refractivity (Wildman–Crippen MR) is 59.7 cm³/mol. The molecule has 0 bridgehead atoms. The molecule has 1 aliphatic carbocycles. The van der Waals surface area contributed by atoms with E-state index in [1.807, 2.05) is 0 Å². The Morgan fingerprint density at radius 1 is 1.22 bits per heavy atom. The molecular formula is C13H8F3NO. The molecular weight excluding hydrogens is 243 g/mol. The lowest BCUT2D eigenvalue weighted by Crippen LogP contribution is -2.11. The van der Waals surface area contributed by atoms with Crippen LogP contribution in [0.3, 0.4) is 0 Å². The van der Waals surface area contributed by atoms with Crippen LogP contribution in [-0.2, 0) is 6.42 Å². The summed E-state index contributed by atoms with van der Waals surface area (Å²) in [5.41, 5.74) is 1.26. The van der Waals surface area contributed by atoms with Gasteiger partial charge in [-0.1, -0.05) is 12.1 Å². The Morgan fingerprint density at radius 3 is 2.72 bits per heavy atom. The highest BCUT2D eigenvalue weighted by atomic mass is 19.4. The zero-order valence-electron chi connectivity index (χ0n) is 9.16. The number of fused-ring (bicyclic) bond motifs is 1. The molecule has 1 aromatic heterocycles. The molecule has 0 atom stereocenters. The quantitative estimate of drug-likeness (QED) is 0.769. The van der Waals surface area contributed by atoms with Gasteiger partial charge in [-0.2, -0.15) is 13.2 Å². The third-order valence-electron chi connectivity index (χ3n) is 2.92. The fourth-order valence-electron chi connectivity index (χ4n) is 2.09. The van der Waals surface area contributed by atoms with Crippen molar-refractivity contribution in [3.8, 4) is 11.5 Å². The maximum atomic E-state index is 12.7. The van der Waals surface area contributed by atoms with Crippen LogP contribution >= 0.6 is 0 Å². The summed E-state index contributed by atoms with van der Waals surface area (Å²) in [5.74, 6) is 0.339. The van der Waals surface area contributed by atoms with Crippen LogP contribution in [-0.4, -0.2) is 11.2 Å². The van der Waals surface area contributed by atoms with Crippen molar-refractivity contribution in [3.05, 3.63) is 47.4 Å². The van der Waals surface area contributed by atoms with Crippen LogP contribution in [0.2, 0.25) is 0 Å². The van der Waals surface area contributed by atoms with Crippen molar-refractivity contribution in [2.45, 2.75) is 12.6 Å². The zero-order chi connectivity index (χ0) is 12.8. The highest BCUT2D eigenvalue weighted by Gasteiger charge is 2.36. The molecule has 0 amide bonds. The maximum Gasteiger partial charge on any atom is 0.413 e. The van der Waals surface area contributed by atoms with E-state index in [2.05, 4.69) is 4.98 Å². The lowest BCUT2D eigenvalue weighted by molar-refractivity contribution is -0.0918. The first kappa shape index (κ1) is 11.1. The Balaban J connectivity index is 2.12. The Morgan fingerprint density at radius 2 is 2.06 bits per heavy atom. The molecule has 2 aromatic rings. The van der Waals surface area contributed by atoms with E-state index < -0.39 is 11.7 Å². The van der Waals surface area contributed by atoms with Gasteiger partial charge in [0.15, 0.2) is 0 Å². The van der Waals surface area contributed by atoms with Crippen LogP contribution < -0.4 is 0 Å². The first-order valence-corrected chi connectivity index (χ1v) is 5.35. The third-order valence-corrected chi connectivity index (χ3v) is 2.92. The van der Waals surface area contributed by atoms with E-state index in [0.717, 1.165) is 0 Å². The smallest absolute Gasteiger partial charge is 0.413 e. The second-order valence-corrected chi connectivity index (χ2v) is 4.06. The standard InChI is InChI=1S/C13H8F3NO/c14-13(15,16)9-6-8-2-1-3-10(11(8)7-9)12-17-4-5-18-12/h1-5,7H,6H2. The highest BCUT2D eigenvalue weighted by Crippen LogP contribution is 2.39. The number of hydrogen-bond acceptors (Lipinski definition) is 2. The van der Waals surface area contributed by atoms with Crippen LogP contribution in [0.25, 0.3) is 17.5 Å². The van der Waals surface area contributed by atoms with E-state index in [4.69, 9.17) is 4.42 Å².